The summed E-state index contributed by atoms with van der Waals surface area (Å²) < 4.78 is 10.6. The van der Waals surface area contributed by atoms with E-state index in [-0.39, 0.29) is 25.0 Å². The van der Waals surface area contributed by atoms with Crippen molar-refractivity contribution in [3.05, 3.63) is 40.3 Å². The standard InChI is InChI=1S/C20H24N2O5S/c1-5-16-12(3)18(20(25)26-6-2)19(28-16)22-17(24)11-27-15-9-7-14(8-10-15)21-13(4)23/h7-10H,5-6,11H2,1-4H3,(H,21,23)(H,22,24). The lowest BCUT2D eigenvalue weighted by Crippen LogP contribution is -2.21. The van der Waals surface area contributed by atoms with Crippen molar-refractivity contribution in [1.82, 2.24) is 0 Å². The van der Waals surface area contributed by atoms with Crippen LogP contribution in [0.2, 0.25) is 0 Å². The van der Waals surface area contributed by atoms with Crippen LogP contribution in [0.15, 0.2) is 24.3 Å². The molecule has 0 aliphatic rings. The van der Waals surface area contributed by atoms with Gasteiger partial charge in [-0.05, 0) is 50.1 Å². The molecule has 1 heterocycles. The smallest absolute Gasteiger partial charge is 0.341 e. The fourth-order valence-corrected chi connectivity index (χ4v) is 3.73. The molecule has 2 amide bonds. The van der Waals surface area contributed by atoms with Gasteiger partial charge in [-0.3, -0.25) is 9.59 Å². The van der Waals surface area contributed by atoms with E-state index in [1.54, 1.807) is 31.2 Å². The number of anilines is 2. The summed E-state index contributed by atoms with van der Waals surface area (Å²) in [5.41, 5.74) is 1.87. The molecule has 0 aliphatic heterocycles. The molecule has 1 aromatic heterocycles. The molecule has 0 spiro atoms. The van der Waals surface area contributed by atoms with Crippen LogP contribution in [-0.4, -0.2) is 31.0 Å². The van der Waals surface area contributed by atoms with Crippen molar-refractivity contribution in [3.63, 3.8) is 0 Å². The maximum absolute atomic E-state index is 12.3. The number of nitrogens with one attached hydrogen (secondary N) is 2. The Balaban J connectivity index is 2.02. The molecule has 7 nitrogen and oxygen atoms in total. The zero-order chi connectivity index (χ0) is 20.7. The Morgan fingerprint density at radius 1 is 1.07 bits per heavy atom. The van der Waals surface area contributed by atoms with E-state index in [0.717, 1.165) is 16.9 Å². The highest BCUT2D eigenvalue weighted by molar-refractivity contribution is 7.17. The van der Waals surface area contributed by atoms with E-state index in [1.807, 2.05) is 13.8 Å². The number of esters is 1. The third-order valence-electron chi connectivity index (χ3n) is 3.84. The van der Waals surface area contributed by atoms with Crippen molar-refractivity contribution in [1.29, 1.82) is 0 Å². The second-order valence-corrected chi connectivity index (χ2v) is 7.08. The molecular formula is C20H24N2O5S. The van der Waals surface area contributed by atoms with Crippen LogP contribution in [0.1, 0.15) is 41.6 Å². The first-order valence-electron chi connectivity index (χ1n) is 8.95. The van der Waals surface area contributed by atoms with Crippen LogP contribution < -0.4 is 15.4 Å². The average Bonchev–Trinajstić information content (AvgIpc) is 2.96. The number of hydrogen-bond acceptors (Lipinski definition) is 6. The maximum Gasteiger partial charge on any atom is 0.341 e. The predicted octanol–water partition coefficient (Wildman–Crippen LogP) is 3.77. The molecule has 0 bridgehead atoms. The van der Waals surface area contributed by atoms with Gasteiger partial charge < -0.3 is 20.1 Å². The third kappa shape index (κ3) is 5.56. The summed E-state index contributed by atoms with van der Waals surface area (Å²) >= 11 is 1.37. The monoisotopic (exact) mass is 404 g/mol. The fraction of sp³-hybridized carbons (Fsp3) is 0.350. The minimum atomic E-state index is -0.444. The van der Waals surface area contributed by atoms with Gasteiger partial charge >= 0.3 is 5.97 Å². The highest BCUT2D eigenvalue weighted by Crippen LogP contribution is 2.34. The summed E-state index contributed by atoms with van der Waals surface area (Å²) in [7, 11) is 0. The largest absolute Gasteiger partial charge is 0.484 e. The molecule has 150 valence electrons. The molecule has 0 saturated heterocycles. The number of aryl methyl sites for hydroxylation is 1. The van der Waals surface area contributed by atoms with E-state index >= 15 is 0 Å². The van der Waals surface area contributed by atoms with Gasteiger partial charge in [-0.1, -0.05) is 6.92 Å². The molecule has 28 heavy (non-hydrogen) atoms. The first-order chi connectivity index (χ1) is 13.3. The van der Waals surface area contributed by atoms with Gasteiger partial charge in [0.2, 0.25) is 5.91 Å². The summed E-state index contributed by atoms with van der Waals surface area (Å²) in [5, 5.41) is 5.88. The number of benzene rings is 1. The third-order valence-corrected chi connectivity index (χ3v) is 5.20. The van der Waals surface area contributed by atoms with Gasteiger partial charge in [0, 0.05) is 17.5 Å². The molecule has 0 atom stereocenters. The number of carbonyl (C=O) groups excluding carboxylic acids is 3. The molecule has 0 unspecified atom stereocenters. The Kier molecular flexibility index (Phi) is 7.57. The Morgan fingerprint density at radius 2 is 1.75 bits per heavy atom. The SMILES string of the molecule is CCOC(=O)c1c(NC(=O)COc2ccc(NC(C)=O)cc2)sc(CC)c1C. The van der Waals surface area contributed by atoms with Gasteiger partial charge in [0.25, 0.3) is 5.91 Å². The van der Waals surface area contributed by atoms with E-state index in [0.29, 0.717) is 22.0 Å². The highest BCUT2D eigenvalue weighted by atomic mass is 32.1. The highest BCUT2D eigenvalue weighted by Gasteiger charge is 2.23. The number of rotatable bonds is 8. The Morgan fingerprint density at radius 3 is 2.32 bits per heavy atom. The molecule has 8 heteroatoms. The Labute approximate surface area is 168 Å². The van der Waals surface area contributed by atoms with E-state index in [9.17, 15) is 14.4 Å². The van der Waals surface area contributed by atoms with Crippen molar-refractivity contribution in [2.45, 2.75) is 34.1 Å². The summed E-state index contributed by atoms with van der Waals surface area (Å²) in [6, 6.07) is 6.69. The molecule has 0 saturated carbocycles. The molecule has 2 aromatic rings. The summed E-state index contributed by atoms with van der Waals surface area (Å²) in [4.78, 5) is 36.6. The lowest BCUT2D eigenvalue weighted by molar-refractivity contribution is -0.118. The van der Waals surface area contributed by atoms with Gasteiger partial charge in [-0.25, -0.2) is 4.79 Å². The second kappa shape index (κ2) is 9.89. The first kappa shape index (κ1) is 21.4. The lowest BCUT2D eigenvalue weighted by atomic mass is 10.1. The van der Waals surface area contributed by atoms with Crippen molar-refractivity contribution >= 4 is 39.8 Å². The van der Waals surface area contributed by atoms with Crippen LogP contribution in [0, 0.1) is 6.92 Å². The minimum absolute atomic E-state index is 0.164. The average molecular weight is 404 g/mol. The number of carbonyl (C=O) groups is 3. The molecule has 2 N–H and O–H groups in total. The zero-order valence-electron chi connectivity index (χ0n) is 16.4. The maximum atomic E-state index is 12.3. The molecule has 0 aliphatic carbocycles. The minimum Gasteiger partial charge on any atom is -0.484 e. The molecule has 0 fully saturated rings. The number of thiophene rings is 1. The van der Waals surface area contributed by atoms with Gasteiger partial charge in [-0.15, -0.1) is 11.3 Å². The number of ether oxygens (including phenoxy) is 2. The quantitative estimate of drug-likeness (QED) is 0.653. The van der Waals surface area contributed by atoms with Gasteiger partial charge in [0.15, 0.2) is 6.61 Å². The fourth-order valence-electron chi connectivity index (χ4n) is 2.58. The summed E-state index contributed by atoms with van der Waals surface area (Å²) in [5.74, 6) is -0.490. The number of amides is 2. The Bertz CT molecular complexity index is 858. The molecule has 0 radical (unpaired) electrons. The van der Waals surface area contributed by atoms with Crippen molar-refractivity contribution in [2.24, 2.45) is 0 Å². The van der Waals surface area contributed by atoms with Crippen molar-refractivity contribution in [2.75, 3.05) is 23.8 Å². The molecule has 1 aromatic carbocycles. The lowest BCUT2D eigenvalue weighted by Gasteiger charge is -2.09. The van der Waals surface area contributed by atoms with Crippen LogP contribution in [0.5, 0.6) is 5.75 Å². The van der Waals surface area contributed by atoms with Gasteiger partial charge in [-0.2, -0.15) is 0 Å². The molecule has 2 rings (SSSR count). The van der Waals surface area contributed by atoms with E-state index in [1.165, 1.54) is 18.3 Å². The zero-order valence-corrected chi connectivity index (χ0v) is 17.2. The van der Waals surface area contributed by atoms with Crippen molar-refractivity contribution < 1.29 is 23.9 Å². The predicted molar refractivity (Wildman–Crippen MR) is 109 cm³/mol. The van der Waals surface area contributed by atoms with Crippen LogP contribution in [-0.2, 0) is 20.7 Å². The van der Waals surface area contributed by atoms with Gasteiger partial charge in [0.05, 0.1) is 12.2 Å². The van der Waals surface area contributed by atoms with Crippen molar-refractivity contribution in [3.8, 4) is 5.75 Å². The topological polar surface area (TPSA) is 93.7 Å². The van der Waals surface area contributed by atoms with E-state index in [2.05, 4.69) is 10.6 Å². The summed E-state index contributed by atoms with van der Waals surface area (Å²) in [6.45, 7) is 7.07. The van der Waals surface area contributed by atoms with Crippen LogP contribution >= 0.6 is 11.3 Å². The summed E-state index contributed by atoms with van der Waals surface area (Å²) in [6.07, 6.45) is 0.760. The Hall–Kier alpha value is -2.87. The number of hydrogen-bond donors (Lipinski definition) is 2. The first-order valence-corrected chi connectivity index (χ1v) is 9.77. The molecular weight excluding hydrogens is 380 g/mol. The van der Waals surface area contributed by atoms with Crippen LogP contribution in [0.25, 0.3) is 0 Å². The van der Waals surface area contributed by atoms with Crippen LogP contribution in [0.3, 0.4) is 0 Å². The second-order valence-electron chi connectivity index (χ2n) is 5.97. The van der Waals surface area contributed by atoms with E-state index in [4.69, 9.17) is 9.47 Å². The normalized spacial score (nSPS) is 10.3. The van der Waals surface area contributed by atoms with E-state index < -0.39 is 5.97 Å². The van der Waals surface area contributed by atoms with Crippen LogP contribution in [0.4, 0.5) is 10.7 Å². The van der Waals surface area contributed by atoms with Gasteiger partial charge in [0.1, 0.15) is 10.8 Å².